The van der Waals surface area contributed by atoms with Gasteiger partial charge >= 0.3 is 5.69 Å². The molecule has 1 heterocycles. The van der Waals surface area contributed by atoms with Crippen molar-refractivity contribution in [2.45, 2.75) is 0 Å². The number of aliphatic imine (C=N–C) groups is 1. The topological polar surface area (TPSA) is 87.6 Å². The zero-order valence-corrected chi connectivity index (χ0v) is 11.7. The van der Waals surface area contributed by atoms with E-state index < -0.39 is 5.69 Å². The van der Waals surface area contributed by atoms with E-state index in [1.165, 1.54) is 31.7 Å². The second-order valence-corrected chi connectivity index (χ2v) is 4.53. The molecule has 0 unspecified atom stereocenters. The second-order valence-electron chi connectivity index (χ2n) is 3.69. The Kier molecular flexibility index (Phi) is 4.26. The minimum Gasteiger partial charge on any atom is -0.506 e. The number of H-pyrrole nitrogens is 1. The predicted octanol–water partition coefficient (Wildman–Crippen LogP) is 2.54. The quantitative estimate of drug-likeness (QED) is 0.852. The number of methoxy groups -OCH3 is 1. The number of ether oxygens (including phenoxy) is 1. The third kappa shape index (κ3) is 3.09. The SMILES string of the molecule is COc1[nH]c(=O)ncc1N=Cc1cc(Cl)cc(Cl)c1O. The standard InChI is InChI=1S/C12H9Cl2N3O3/c1-20-11-9(5-16-12(19)17-11)15-4-6-2-7(13)3-8(14)10(6)18/h2-5,18H,1H3,(H,16,17,19). The number of aromatic amines is 1. The molecule has 1 aromatic heterocycles. The molecule has 0 aliphatic carbocycles. The van der Waals surface area contributed by atoms with Gasteiger partial charge in [0.25, 0.3) is 0 Å². The minimum absolute atomic E-state index is 0.116. The Morgan fingerprint density at radius 1 is 1.45 bits per heavy atom. The molecule has 6 nitrogen and oxygen atoms in total. The van der Waals surface area contributed by atoms with Gasteiger partial charge in [-0.2, -0.15) is 4.98 Å². The number of nitrogens with one attached hydrogen (secondary N) is 1. The van der Waals surface area contributed by atoms with E-state index in [0.717, 1.165) is 0 Å². The van der Waals surface area contributed by atoms with Crippen LogP contribution in [0.5, 0.6) is 11.6 Å². The Labute approximate surface area is 123 Å². The lowest BCUT2D eigenvalue weighted by atomic mass is 10.2. The molecule has 0 aliphatic rings. The van der Waals surface area contributed by atoms with Gasteiger partial charge in [-0.3, -0.25) is 4.98 Å². The normalized spacial score (nSPS) is 10.9. The van der Waals surface area contributed by atoms with Crippen molar-refractivity contribution in [2.24, 2.45) is 4.99 Å². The van der Waals surface area contributed by atoms with Gasteiger partial charge in [-0.25, -0.2) is 9.79 Å². The zero-order chi connectivity index (χ0) is 14.7. The van der Waals surface area contributed by atoms with Gasteiger partial charge in [0.15, 0.2) is 0 Å². The summed E-state index contributed by atoms with van der Waals surface area (Å²) in [4.78, 5) is 21.0. The van der Waals surface area contributed by atoms with E-state index in [2.05, 4.69) is 15.0 Å². The smallest absolute Gasteiger partial charge is 0.347 e. The lowest BCUT2D eigenvalue weighted by Gasteiger charge is -2.04. The maximum absolute atomic E-state index is 11.0. The summed E-state index contributed by atoms with van der Waals surface area (Å²) in [5, 5.41) is 10.3. The Bertz CT molecular complexity index is 728. The largest absolute Gasteiger partial charge is 0.506 e. The number of aromatic nitrogens is 2. The molecule has 2 N–H and O–H groups in total. The van der Waals surface area contributed by atoms with Crippen LogP contribution in [0.4, 0.5) is 5.69 Å². The monoisotopic (exact) mass is 313 g/mol. The maximum atomic E-state index is 11.0. The highest BCUT2D eigenvalue weighted by atomic mass is 35.5. The molecule has 0 atom stereocenters. The molecule has 0 spiro atoms. The van der Waals surface area contributed by atoms with Crippen molar-refractivity contribution in [2.75, 3.05) is 7.11 Å². The van der Waals surface area contributed by atoms with Crippen LogP contribution in [0.2, 0.25) is 10.0 Å². The molecule has 1 aromatic carbocycles. The van der Waals surface area contributed by atoms with E-state index in [9.17, 15) is 9.90 Å². The molecule has 0 amide bonds. The van der Waals surface area contributed by atoms with Crippen LogP contribution in [0.15, 0.2) is 28.1 Å². The summed E-state index contributed by atoms with van der Waals surface area (Å²) in [6, 6.07) is 2.91. The summed E-state index contributed by atoms with van der Waals surface area (Å²) in [6.45, 7) is 0. The van der Waals surface area contributed by atoms with E-state index in [1.807, 2.05) is 0 Å². The number of rotatable bonds is 3. The Balaban J connectivity index is 2.42. The third-order valence-electron chi connectivity index (χ3n) is 2.36. The summed E-state index contributed by atoms with van der Waals surface area (Å²) in [6.07, 6.45) is 2.59. The highest BCUT2D eigenvalue weighted by Gasteiger charge is 2.07. The lowest BCUT2D eigenvalue weighted by molar-refractivity contribution is 0.397. The molecule has 0 radical (unpaired) electrons. The van der Waals surface area contributed by atoms with E-state index in [4.69, 9.17) is 27.9 Å². The van der Waals surface area contributed by atoms with E-state index in [1.54, 1.807) is 0 Å². The average Bonchev–Trinajstić information content (AvgIpc) is 2.42. The molecule has 2 rings (SSSR count). The molecule has 0 aliphatic heterocycles. The summed E-state index contributed by atoms with van der Waals surface area (Å²) in [7, 11) is 1.39. The summed E-state index contributed by atoms with van der Waals surface area (Å²) >= 11 is 11.6. The number of phenols is 1. The second kappa shape index (κ2) is 5.94. The summed E-state index contributed by atoms with van der Waals surface area (Å²) in [5.41, 5.74) is 0.0767. The first-order chi connectivity index (χ1) is 9.51. The number of hydrogen-bond donors (Lipinski definition) is 2. The maximum Gasteiger partial charge on any atom is 0.347 e. The molecule has 104 valence electrons. The van der Waals surface area contributed by atoms with Crippen LogP contribution >= 0.6 is 23.2 Å². The predicted molar refractivity (Wildman–Crippen MR) is 76.8 cm³/mol. The molecule has 0 saturated heterocycles. The molecular formula is C12H9Cl2N3O3. The Morgan fingerprint density at radius 2 is 2.20 bits per heavy atom. The number of benzene rings is 1. The number of phenolic OH excluding ortho intramolecular Hbond substituents is 1. The zero-order valence-electron chi connectivity index (χ0n) is 10.2. The minimum atomic E-state index is -0.547. The third-order valence-corrected chi connectivity index (χ3v) is 2.87. The first kappa shape index (κ1) is 14.4. The van der Waals surface area contributed by atoms with Gasteiger partial charge in [-0.1, -0.05) is 23.2 Å². The Morgan fingerprint density at radius 3 is 2.90 bits per heavy atom. The highest BCUT2D eigenvalue weighted by molar-refractivity contribution is 6.36. The van der Waals surface area contributed by atoms with Crippen molar-refractivity contribution in [3.05, 3.63) is 44.4 Å². The molecular weight excluding hydrogens is 305 g/mol. The van der Waals surface area contributed by atoms with Crippen molar-refractivity contribution in [3.63, 3.8) is 0 Å². The summed E-state index contributed by atoms with van der Waals surface area (Å²) in [5.74, 6) is 0.0185. The lowest BCUT2D eigenvalue weighted by Crippen LogP contribution is -2.09. The molecule has 0 fully saturated rings. The molecule has 2 aromatic rings. The van der Waals surface area contributed by atoms with Crippen LogP contribution in [0, 0.1) is 0 Å². The first-order valence-electron chi connectivity index (χ1n) is 5.36. The van der Waals surface area contributed by atoms with Crippen LogP contribution in [0.1, 0.15) is 5.56 Å². The average molecular weight is 314 g/mol. The van der Waals surface area contributed by atoms with Gasteiger partial charge in [0.05, 0.1) is 18.3 Å². The van der Waals surface area contributed by atoms with Gasteiger partial charge < -0.3 is 9.84 Å². The summed E-state index contributed by atoms with van der Waals surface area (Å²) < 4.78 is 4.97. The van der Waals surface area contributed by atoms with E-state index in [-0.39, 0.29) is 16.7 Å². The van der Waals surface area contributed by atoms with Crippen molar-refractivity contribution in [1.29, 1.82) is 0 Å². The number of hydrogen-bond acceptors (Lipinski definition) is 5. The number of halogens is 2. The van der Waals surface area contributed by atoms with Crippen LogP contribution in [0.25, 0.3) is 0 Å². The van der Waals surface area contributed by atoms with Crippen LogP contribution in [-0.2, 0) is 0 Å². The van der Waals surface area contributed by atoms with Gasteiger partial charge in [0.1, 0.15) is 11.4 Å². The molecule has 0 bridgehead atoms. The highest BCUT2D eigenvalue weighted by Crippen LogP contribution is 2.30. The van der Waals surface area contributed by atoms with Crippen molar-refractivity contribution in [3.8, 4) is 11.6 Å². The van der Waals surface area contributed by atoms with Gasteiger partial charge in [0.2, 0.25) is 5.88 Å². The number of aromatic hydroxyl groups is 1. The van der Waals surface area contributed by atoms with Crippen LogP contribution in [0.3, 0.4) is 0 Å². The van der Waals surface area contributed by atoms with Crippen molar-refractivity contribution < 1.29 is 9.84 Å². The molecule has 8 heteroatoms. The first-order valence-corrected chi connectivity index (χ1v) is 6.12. The molecule has 0 saturated carbocycles. The van der Waals surface area contributed by atoms with Crippen molar-refractivity contribution >= 4 is 35.1 Å². The fraction of sp³-hybridized carbons (Fsp3) is 0.0833. The molecule has 20 heavy (non-hydrogen) atoms. The van der Waals surface area contributed by atoms with Crippen molar-refractivity contribution in [1.82, 2.24) is 9.97 Å². The Hall–Kier alpha value is -2.05. The van der Waals surface area contributed by atoms with E-state index in [0.29, 0.717) is 16.3 Å². The fourth-order valence-corrected chi connectivity index (χ4v) is 1.95. The van der Waals surface area contributed by atoms with E-state index >= 15 is 0 Å². The van der Waals surface area contributed by atoms with Gasteiger partial charge in [-0.05, 0) is 12.1 Å². The van der Waals surface area contributed by atoms with Crippen LogP contribution in [-0.4, -0.2) is 28.4 Å². The van der Waals surface area contributed by atoms with Crippen LogP contribution < -0.4 is 10.4 Å². The number of nitrogens with zero attached hydrogens (tertiary/aromatic N) is 2. The van der Waals surface area contributed by atoms with Gasteiger partial charge in [0, 0.05) is 16.8 Å². The van der Waals surface area contributed by atoms with Gasteiger partial charge in [-0.15, -0.1) is 0 Å². The fourth-order valence-electron chi connectivity index (χ4n) is 1.44.